The monoisotopic (exact) mass is 181 g/mol. The van der Waals surface area contributed by atoms with Gasteiger partial charge in [0.05, 0.1) is 0 Å². The first-order chi connectivity index (χ1) is 4.04. The molecule has 6 heteroatoms. The minimum Gasteiger partial charge on any atom is -0.862 e. The molecule has 0 fully saturated rings. The molecule has 0 rings (SSSR count). The van der Waals surface area contributed by atoms with Crippen molar-refractivity contribution >= 4 is 11.9 Å². The summed E-state index contributed by atoms with van der Waals surface area (Å²) in [7, 11) is 0. The van der Waals surface area contributed by atoms with Gasteiger partial charge in [0, 0.05) is 5.97 Å². The Kier molecular flexibility index (Phi) is 6.36. The number of rotatable bonds is 3. The van der Waals surface area contributed by atoms with E-state index < -0.39 is 24.3 Å². The number of hydrogen-bond acceptors (Lipinski definition) is 4. The summed E-state index contributed by atoms with van der Waals surface area (Å²) >= 11 is 0. The van der Waals surface area contributed by atoms with Crippen LogP contribution in [-0.4, -0.2) is 17.9 Å². The Hall–Kier alpha value is -0.568. The Balaban J connectivity index is 0. The minimum absolute atomic E-state index is 0. The van der Waals surface area contributed by atoms with E-state index in [-0.39, 0.29) is 17.4 Å². The van der Waals surface area contributed by atoms with Gasteiger partial charge in [-0.15, -0.1) is 0 Å². The summed E-state index contributed by atoms with van der Waals surface area (Å²) < 4.78 is 0. The Labute approximate surface area is 68.5 Å². The molecule has 1 unspecified atom stereocenters. The number of hydrogen-bond donors (Lipinski definition) is 1. The second-order valence-corrected chi connectivity index (χ2v) is 1.50. The zero-order valence-electron chi connectivity index (χ0n) is 4.92. The van der Waals surface area contributed by atoms with Gasteiger partial charge in [0.1, 0.15) is 0 Å². The summed E-state index contributed by atoms with van der Waals surface area (Å²) in [6.07, 6.45) is -0.595. The van der Waals surface area contributed by atoms with E-state index in [4.69, 9.17) is 11.1 Å². The average Bonchev–Trinajstić information content (AvgIpc) is 1.63. The normalized spacial score (nSPS) is 11.3. The molecule has 0 aromatic heterocycles. The molecule has 0 heterocycles. The second kappa shape index (κ2) is 5.24. The molecule has 1 radical (unpaired) electrons. The van der Waals surface area contributed by atoms with Crippen LogP contribution in [0.1, 0.15) is 6.42 Å². The van der Waals surface area contributed by atoms with E-state index in [2.05, 4.69) is 0 Å². The van der Waals surface area contributed by atoms with Gasteiger partial charge < -0.3 is 26.2 Å². The van der Waals surface area contributed by atoms with Crippen LogP contribution in [0, 0.1) is 5.41 Å². The maximum absolute atomic E-state index is 9.81. The molecule has 2 N–H and O–H groups in total. The summed E-state index contributed by atoms with van der Waals surface area (Å²) in [5, 5.41) is 25.8. The minimum atomic E-state index is -1.62. The third-order valence-electron chi connectivity index (χ3n) is 0.674. The molecular weight excluding hydrogens is 176 g/mol. The molecule has 0 saturated carbocycles. The van der Waals surface area contributed by atoms with E-state index in [0.29, 0.717) is 0 Å². The zero-order valence-corrected chi connectivity index (χ0v) is 6.19. The Morgan fingerprint density at radius 1 is 1.60 bits per heavy atom. The van der Waals surface area contributed by atoms with Crippen molar-refractivity contribution in [1.29, 1.82) is 5.41 Å². The van der Waals surface area contributed by atoms with Crippen molar-refractivity contribution in [3.8, 4) is 0 Å². The van der Waals surface area contributed by atoms with E-state index in [1.807, 2.05) is 0 Å². The first-order valence-corrected chi connectivity index (χ1v) is 2.20. The molecule has 55 valence electrons. The summed E-state index contributed by atoms with van der Waals surface area (Å²) in [6, 6.07) is -1.59. The van der Waals surface area contributed by atoms with Crippen LogP contribution >= 0.6 is 0 Å². The molecular formula is C4H5CrN2O3. The Morgan fingerprint density at radius 2 is 2.00 bits per heavy atom. The quantitative estimate of drug-likeness (QED) is 0.397. The van der Waals surface area contributed by atoms with E-state index in [0.717, 1.165) is 0 Å². The van der Waals surface area contributed by atoms with Crippen molar-refractivity contribution in [2.75, 3.05) is 0 Å². The van der Waals surface area contributed by atoms with Gasteiger partial charge in [-0.1, -0.05) is 6.04 Å². The number of carbonyl (C=O) groups is 1. The van der Waals surface area contributed by atoms with Crippen LogP contribution < -0.4 is 10.2 Å². The fourth-order valence-corrected chi connectivity index (χ4v) is 0.269. The van der Waals surface area contributed by atoms with Gasteiger partial charge in [0.15, 0.2) is 0 Å². The van der Waals surface area contributed by atoms with Crippen LogP contribution in [0.2, 0.25) is 0 Å². The molecule has 0 amide bonds. The number of carbonyl (C=O) groups excluding carboxylic acids is 1. The largest absolute Gasteiger partial charge is 3.00 e. The number of nitrogens with one attached hydrogen (secondary N) is 2. The van der Waals surface area contributed by atoms with E-state index in [1.165, 1.54) is 0 Å². The molecule has 0 aliphatic heterocycles. The van der Waals surface area contributed by atoms with Crippen molar-refractivity contribution in [2.45, 2.75) is 12.5 Å². The molecule has 10 heavy (non-hydrogen) atoms. The summed E-state index contributed by atoms with van der Waals surface area (Å²) in [5.74, 6) is -2.67. The maximum Gasteiger partial charge on any atom is 3.00 e. The van der Waals surface area contributed by atoms with Crippen LogP contribution in [-0.2, 0) is 22.2 Å². The van der Waals surface area contributed by atoms with Crippen LogP contribution in [0.25, 0.3) is 5.73 Å². The number of aliphatic carboxylic acids is 1. The summed E-state index contributed by atoms with van der Waals surface area (Å²) in [6.45, 7) is 0. The average molecular weight is 181 g/mol. The van der Waals surface area contributed by atoms with Gasteiger partial charge in [0.25, 0.3) is 0 Å². The van der Waals surface area contributed by atoms with E-state index >= 15 is 0 Å². The topological polar surface area (TPSA) is 111 Å². The van der Waals surface area contributed by atoms with Gasteiger partial charge in [-0.25, -0.2) is 0 Å². The molecule has 0 aliphatic carbocycles. The molecule has 0 aromatic carbocycles. The van der Waals surface area contributed by atoms with Crippen molar-refractivity contribution in [2.24, 2.45) is 0 Å². The maximum atomic E-state index is 9.81. The Morgan fingerprint density at radius 3 is 2.10 bits per heavy atom. The Bertz CT molecular complexity index is 138. The molecule has 0 bridgehead atoms. The van der Waals surface area contributed by atoms with E-state index in [9.17, 15) is 15.0 Å². The zero-order chi connectivity index (χ0) is 7.44. The van der Waals surface area contributed by atoms with Crippen molar-refractivity contribution < 1.29 is 32.4 Å². The summed E-state index contributed by atoms with van der Waals surface area (Å²) in [5.41, 5.74) is 6.55. The third kappa shape index (κ3) is 5.57. The SMILES string of the molecule is N=C([O-])CC([NH-])C(=O)[O-].[Cr+3]. The molecule has 0 saturated heterocycles. The van der Waals surface area contributed by atoms with E-state index in [1.54, 1.807) is 0 Å². The van der Waals surface area contributed by atoms with Crippen LogP contribution in [0.5, 0.6) is 0 Å². The van der Waals surface area contributed by atoms with Gasteiger partial charge in [-0.2, -0.15) is 0 Å². The van der Waals surface area contributed by atoms with Crippen molar-refractivity contribution in [1.82, 2.24) is 0 Å². The summed E-state index contributed by atoms with van der Waals surface area (Å²) in [4.78, 5) is 9.70. The predicted molar refractivity (Wildman–Crippen MR) is 25.5 cm³/mol. The van der Waals surface area contributed by atoms with Gasteiger partial charge in [-0.05, 0) is 12.3 Å². The molecule has 1 atom stereocenters. The fourth-order valence-electron chi connectivity index (χ4n) is 0.269. The van der Waals surface area contributed by atoms with Crippen molar-refractivity contribution in [3.05, 3.63) is 5.73 Å². The second-order valence-electron chi connectivity index (χ2n) is 1.50. The predicted octanol–water partition coefficient (Wildman–Crippen LogP) is -2.12. The fraction of sp³-hybridized carbons (Fsp3) is 0.500. The smallest absolute Gasteiger partial charge is 0.862 e. The first kappa shape index (κ1) is 12.1. The standard InChI is InChI=1S/C4H7N2O3.Cr/c5-2(4(8)9)1-3(6)7;/h2,5H,1H2,(H2,6,7)(H,8,9);/q-1;+3/p-2. The van der Waals surface area contributed by atoms with Crippen molar-refractivity contribution in [3.63, 3.8) is 0 Å². The molecule has 5 nitrogen and oxygen atoms in total. The third-order valence-corrected chi connectivity index (χ3v) is 0.674. The van der Waals surface area contributed by atoms with Gasteiger partial charge >= 0.3 is 17.4 Å². The van der Waals surface area contributed by atoms with Crippen LogP contribution in [0.3, 0.4) is 0 Å². The molecule has 0 aromatic rings. The molecule has 0 aliphatic rings. The molecule has 0 spiro atoms. The number of carboxylic acids is 1. The van der Waals surface area contributed by atoms with Gasteiger partial charge in [0.2, 0.25) is 0 Å². The van der Waals surface area contributed by atoms with Crippen LogP contribution in [0.4, 0.5) is 0 Å². The van der Waals surface area contributed by atoms with Gasteiger partial charge in [-0.3, -0.25) is 0 Å². The first-order valence-electron chi connectivity index (χ1n) is 2.20. The number of carboxylic acid groups (broad SMARTS) is 1. The van der Waals surface area contributed by atoms with Crippen LogP contribution in [0.15, 0.2) is 0 Å².